The summed E-state index contributed by atoms with van der Waals surface area (Å²) in [4.78, 5) is 11.8. The van der Waals surface area contributed by atoms with Crippen LogP contribution in [0.1, 0.15) is 31.2 Å². The Kier molecular flexibility index (Phi) is 7.69. The number of carbonyl (C=O) groups excluding carboxylic acids is 1. The third-order valence-corrected chi connectivity index (χ3v) is 7.29. The summed E-state index contributed by atoms with van der Waals surface area (Å²) in [6.07, 6.45) is 3.25. The van der Waals surface area contributed by atoms with Crippen LogP contribution in [0, 0.1) is 5.92 Å². The molecule has 3 rings (SSSR count). The highest BCUT2D eigenvalue weighted by Crippen LogP contribution is 2.30. The molecule has 2 aromatic rings. The van der Waals surface area contributed by atoms with Gasteiger partial charge in [-0.25, -0.2) is 13.1 Å². The lowest BCUT2D eigenvalue weighted by Crippen LogP contribution is -2.38. The fourth-order valence-electron chi connectivity index (χ4n) is 3.94. The zero-order valence-electron chi connectivity index (χ0n) is 18.0. The number of nitrogens with two attached hydrogens (primary N) is 1. The van der Waals surface area contributed by atoms with Crippen molar-refractivity contribution < 1.29 is 22.7 Å². The monoisotopic (exact) mass is 446 g/mol. The number of nitrogens with one attached hydrogen (secondary N) is 1. The normalized spacial score (nSPS) is 19.2. The van der Waals surface area contributed by atoms with E-state index in [1.807, 2.05) is 24.3 Å². The summed E-state index contributed by atoms with van der Waals surface area (Å²) < 4.78 is 38.3. The minimum Gasteiger partial charge on any atom is -0.469 e. The maximum atomic E-state index is 12.8. The van der Waals surface area contributed by atoms with E-state index >= 15 is 0 Å². The van der Waals surface area contributed by atoms with Crippen molar-refractivity contribution in [3.05, 3.63) is 48.0 Å². The van der Waals surface area contributed by atoms with Gasteiger partial charge in [-0.3, -0.25) is 4.79 Å². The summed E-state index contributed by atoms with van der Waals surface area (Å²) in [7, 11) is -0.652. The molecule has 0 amide bonds. The van der Waals surface area contributed by atoms with Gasteiger partial charge in [-0.2, -0.15) is 0 Å². The molecule has 1 aliphatic rings. The fourth-order valence-corrected chi connectivity index (χ4v) is 5.28. The molecule has 7 nitrogen and oxygen atoms in total. The lowest BCUT2D eigenvalue weighted by atomic mass is 9.86. The Bertz CT molecular complexity index is 997. The lowest BCUT2D eigenvalue weighted by molar-refractivity contribution is -0.146. The van der Waals surface area contributed by atoms with Crippen LogP contribution in [0.2, 0.25) is 0 Å². The van der Waals surface area contributed by atoms with Crippen molar-refractivity contribution in [1.29, 1.82) is 0 Å². The molecule has 3 N–H and O–H groups in total. The highest BCUT2D eigenvalue weighted by atomic mass is 32.2. The topological polar surface area (TPSA) is 108 Å². The second-order valence-electron chi connectivity index (χ2n) is 7.88. The van der Waals surface area contributed by atoms with E-state index in [0.29, 0.717) is 38.0 Å². The first kappa shape index (κ1) is 23.2. The van der Waals surface area contributed by atoms with Crippen molar-refractivity contribution in [3.63, 3.8) is 0 Å². The summed E-state index contributed by atoms with van der Waals surface area (Å²) >= 11 is 0. The van der Waals surface area contributed by atoms with Crippen molar-refractivity contribution in [2.75, 3.05) is 26.6 Å². The second kappa shape index (κ2) is 10.3. The van der Waals surface area contributed by atoms with E-state index in [2.05, 4.69) is 4.72 Å². The van der Waals surface area contributed by atoms with Crippen LogP contribution in [-0.4, -0.2) is 41.3 Å². The fraction of sp³-hybridized carbons (Fsp3) is 0.435. The molecule has 8 heteroatoms. The number of sulfonamides is 1. The Hall–Kier alpha value is -2.42. The molecule has 0 aromatic heterocycles. The molecule has 1 aliphatic carbocycles. The number of hydrogen-bond acceptors (Lipinski definition) is 6. The van der Waals surface area contributed by atoms with Crippen molar-refractivity contribution in [2.45, 2.75) is 43.0 Å². The van der Waals surface area contributed by atoms with Gasteiger partial charge in [0.2, 0.25) is 10.0 Å². The Morgan fingerprint density at radius 2 is 1.74 bits per heavy atom. The average Bonchev–Trinajstić information content (AvgIpc) is 2.78. The van der Waals surface area contributed by atoms with Crippen LogP contribution in [0.15, 0.2) is 47.4 Å². The van der Waals surface area contributed by atoms with Gasteiger partial charge in [-0.1, -0.05) is 30.3 Å². The molecule has 1 fully saturated rings. The summed E-state index contributed by atoms with van der Waals surface area (Å²) in [5.41, 5.74) is 9.49. The smallest absolute Gasteiger partial charge is 0.308 e. The minimum atomic E-state index is -3.70. The lowest BCUT2D eigenvalue weighted by Gasteiger charge is -2.27. The largest absolute Gasteiger partial charge is 0.469 e. The van der Waals surface area contributed by atoms with Gasteiger partial charge >= 0.3 is 5.97 Å². The number of anilines is 1. The predicted molar refractivity (Wildman–Crippen MR) is 120 cm³/mol. The number of ether oxygens (including phenoxy) is 2. The SMILES string of the molecule is COCCc1ccc(-c2ccc(S(=O)(=O)NC3CCC(C(=O)OC)CC3)cc2N)cc1. The molecule has 0 heterocycles. The number of carbonyl (C=O) groups is 1. The van der Waals surface area contributed by atoms with Crippen molar-refractivity contribution in [1.82, 2.24) is 4.72 Å². The van der Waals surface area contributed by atoms with Gasteiger partial charge in [0, 0.05) is 24.4 Å². The summed E-state index contributed by atoms with van der Waals surface area (Å²) in [5.74, 6) is -0.377. The molecule has 0 aliphatic heterocycles. The van der Waals surface area contributed by atoms with Gasteiger partial charge in [0.1, 0.15) is 0 Å². The number of methoxy groups -OCH3 is 2. The summed E-state index contributed by atoms with van der Waals surface area (Å²) in [5, 5.41) is 0. The highest BCUT2D eigenvalue weighted by molar-refractivity contribution is 7.89. The average molecular weight is 447 g/mol. The molecular weight excluding hydrogens is 416 g/mol. The van der Waals surface area contributed by atoms with Crippen LogP contribution >= 0.6 is 0 Å². The van der Waals surface area contributed by atoms with Crippen LogP contribution in [0.4, 0.5) is 5.69 Å². The van der Waals surface area contributed by atoms with Crippen molar-refractivity contribution in [3.8, 4) is 11.1 Å². The molecule has 0 bridgehead atoms. The van der Waals surface area contributed by atoms with Crippen molar-refractivity contribution >= 4 is 21.7 Å². The third kappa shape index (κ3) is 5.84. The molecule has 0 atom stereocenters. The Balaban J connectivity index is 1.68. The zero-order chi connectivity index (χ0) is 22.4. The van der Waals surface area contributed by atoms with Crippen LogP contribution in [0.25, 0.3) is 11.1 Å². The van der Waals surface area contributed by atoms with Crippen LogP contribution in [0.3, 0.4) is 0 Å². The number of rotatable bonds is 8. The molecule has 0 spiro atoms. The zero-order valence-corrected chi connectivity index (χ0v) is 18.8. The Morgan fingerprint density at radius 1 is 1.06 bits per heavy atom. The summed E-state index contributed by atoms with van der Waals surface area (Å²) in [6, 6.07) is 12.6. The Morgan fingerprint density at radius 3 is 2.32 bits per heavy atom. The maximum Gasteiger partial charge on any atom is 0.308 e. The van der Waals surface area contributed by atoms with Gasteiger partial charge < -0.3 is 15.2 Å². The van der Waals surface area contributed by atoms with Crippen molar-refractivity contribution in [2.24, 2.45) is 5.92 Å². The number of esters is 1. The van der Waals surface area contributed by atoms with E-state index in [4.69, 9.17) is 15.2 Å². The van der Waals surface area contributed by atoms with Gasteiger partial charge in [-0.15, -0.1) is 0 Å². The molecule has 0 saturated heterocycles. The van der Waals surface area contributed by atoms with E-state index < -0.39 is 10.0 Å². The van der Waals surface area contributed by atoms with Crippen LogP contribution < -0.4 is 10.5 Å². The first-order valence-corrected chi connectivity index (χ1v) is 11.9. The predicted octanol–water partition coefficient (Wildman–Crippen LogP) is 3.13. The molecular formula is C23H30N2O5S. The molecule has 1 saturated carbocycles. The first-order chi connectivity index (χ1) is 14.8. The van der Waals surface area contributed by atoms with Gasteiger partial charge in [-0.05, 0) is 55.4 Å². The molecule has 0 radical (unpaired) electrons. The maximum absolute atomic E-state index is 12.8. The van der Waals surface area contributed by atoms with Crippen LogP contribution in [0.5, 0.6) is 0 Å². The van der Waals surface area contributed by atoms with E-state index in [1.165, 1.54) is 13.2 Å². The number of benzene rings is 2. The molecule has 0 unspecified atom stereocenters. The molecule has 2 aromatic carbocycles. The number of hydrogen-bond donors (Lipinski definition) is 2. The van der Waals surface area contributed by atoms with E-state index in [9.17, 15) is 13.2 Å². The Labute approximate surface area is 184 Å². The molecule has 168 valence electrons. The van der Waals surface area contributed by atoms with Gasteiger partial charge in [0.15, 0.2) is 0 Å². The van der Waals surface area contributed by atoms with E-state index in [1.54, 1.807) is 19.2 Å². The minimum absolute atomic E-state index is 0.139. The first-order valence-electron chi connectivity index (χ1n) is 10.4. The van der Waals surface area contributed by atoms with Gasteiger partial charge in [0.05, 0.1) is 24.5 Å². The van der Waals surface area contributed by atoms with E-state index in [-0.39, 0.29) is 22.8 Å². The second-order valence-corrected chi connectivity index (χ2v) is 9.60. The standard InChI is InChI=1S/C23H30N2O5S/c1-29-14-13-16-3-5-17(6-4-16)21-12-11-20(15-22(21)24)31(27,28)25-19-9-7-18(8-10-19)23(26)30-2/h3-6,11-12,15,18-19,25H,7-10,13-14,24H2,1-2H3. The number of nitrogen functional groups attached to an aromatic ring is 1. The summed E-state index contributed by atoms with van der Waals surface area (Å²) in [6.45, 7) is 0.658. The van der Waals surface area contributed by atoms with Crippen LogP contribution in [-0.2, 0) is 30.7 Å². The van der Waals surface area contributed by atoms with E-state index in [0.717, 1.165) is 23.1 Å². The van der Waals surface area contributed by atoms with Gasteiger partial charge in [0.25, 0.3) is 0 Å². The molecule has 31 heavy (non-hydrogen) atoms. The quantitative estimate of drug-likeness (QED) is 0.476. The highest BCUT2D eigenvalue weighted by Gasteiger charge is 2.29. The third-order valence-electron chi connectivity index (χ3n) is 5.78.